The Labute approximate surface area is 225 Å². The normalized spacial score (nSPS) is 20.7. The number of nitrogens with one attached hydrogen (secondary N) is 2. The van der Waals surface area contributed by atoms with Crippen molar-refractivity contribution in [2.24, 2.45) is 0 Å². The molecule has 0 bridgehead atoms. The second kappa shape index (κ2) is 11.1. The van der Waals surface area contributed by atoms with E-state index in [9.17, 15) is 22.8 Å². The summed E-state index contributed by atoms with van der Waals surface area (Å²) < 4.78 is 45.0. The van der Waals surface area contributed by atoms with Gasteiger partial charge in [-0.25, -0.2) is 4.98 Å². The highest BCUT2D eigenvalue weighted by Gasteiger charge is 2.65. The second-order valence-electron chi connectivity index (χ2n) is 9.99. The zero-order chi connectivity index (χ0) is 28.3. The van der Waals surface area contributed by atoms with Gasteiger partial charge in [0.2, 0.25) is 11.8 Å². The third kappa shape index (κ3) is 5.51. The topological polar surface area (TPSA) is 87.3 Å². The number of alkyl halides is 3. The van der Waals surface area contributed by atoms with Crippen molar-refractivity contribution >= 4 is 11.8 Å². The molecule has 0 saturated carbocycles. The number of H-pyrrole nitrogens is 1. The monoisotopic (exact) mass is 542 g/mol. The third-order valence-corrected chi connectivity index (χ3v) is 7.60. The molecule has 7 nitrogen and oxygen atoms in total. The maximum absolute atomic E-state index is 14.4. The number of benzene rings is 2. The van der Waals surface area contributed by atoms with Crippen LogP contribution in [0, 0.1) is 0 Å². The van der Waals surface area contributed by atoms with Gasteiger partial charge in [0.1, 0.15) is 5.75 Å². The first-order valence-corrected chi connectivity index (χ1v) is 12.9. The molecule has 1 aliphatic heterocycles. The minimum atomic E-state index is -4.34. The number of carbonyl (C=O) groups is 2. The van der Waals surface area contributed by atoms with Gasteiger partial charge >= 0.3 is 6.18 Å². The van der Waals surface area contributed by atoms with Crippen molar-refractivity contribution in [1.82, 2.24) is 20.2 Å². The highest BCUT2D eigenvalue weighted by molar-refractivity contribution is 5.97. The molecular formula is C29H33F3N4O3. The number of methoxy groups -OCH3 is 1. The van der Waals surface area contributed by atoms with Crippen LogP contribution in [-0.2, 0) is 27.1 Å². The van der Waals surface area contributed by atoms with Crippen molar-refractivity contribution in [3.63, 3.8) is 0 Å². The van der Waals surface area contributed by atoms with Crippen LogP contribution in [0.25, 0.3) is 0 Å². The molecule has 3 atom stereocenters. The van der Waals surface area contributed by atoms with Crippen molar-refractivity contribution in [2.45, 2.75) is 69.2 Å². The lowest BCUT2D eigenvalue weighted by Gasteiger charge is -2.62. The average molecular weight is 543 g/mol. The van der Waals surface area contributed by atoms with E-state index in [0.717, 1.165) is 5.56 Å². The van der Waals surface area contributed by atoms with Gasteiger partial charge in [-0.05, 0) is 49.4 Å². The molecule has 1 fully saturated rings. The molecule has 3 aromatic rings. The number of amides is 2. The fraction of sp³-hybridized carbons (Fsp3) is 0.414. The number of halogens is 3. The molecule has 208 valence electrons. The number of carbonyl (C=O) groups excluding carboxylic acids is 2. The summed E-state index contributed by atoms with van der Waals surface area (Å²) in [7, 11) is 1.56. The fourth-order valence-corrected chi connectivity index (χ4v) is 5.59. The first-order chi connectivity index (χ1) is 18.5. The summed E-state index contributed by atoms with van der Waals surface area (Å²) in [5.41, 5.74) is -0.497. The second-order valence-corrected chi connectivity index (χ2v) is 9.99. The Hall–Kier alpha value is -3.82. The number of ether oxygens (including phenoxy) is 1. The molecule has 4 rings (SSSR count). The summed E-state index contributed by atoms with van der Waals surface area (Å²) in [5, 5.41) is 2.98. The first kappa shape index (κ1) is 28.2. The van der Waals surface area contributed by atoms with Gasteiger partial charge in [-0.2, -0.15) is 13.2 Å². The number of aromatic amines is 1. The third-order valence-electron chi connectivity index (χ3n) is 7.60. The van der Waals surface area contributed by atoms with E-state index in [1.165, 1.54) is 6.33 Å². The van der Waals surface area contributed by atoms with Crippen LogP contribution in [0.15, 0.2) is 67.1 Å². The molecular weight excluding hydrogens is 509 g/mol. The molecule has 39 heavy (non-hydrogen) atoms. The fourth-order valence-electron chi connectivity index (χ4n) is 5.59. The standard InChI is InChI=1S/C29H33F3N4O3/c1-4-25(37)35-27(2,23-18-33-19-34-23)36-24(17-20-11-13-22(39-3)14-12-20)28(26(36)38,15-8-16-29(30,31)32)21-9-6-5-7-10-21/h5-7,9-14,18-19,24H,4,8,15-17H2,1-3H3,(H,33,34)(H,35,37)/t24-,27?,28-/m1/s1. The number of nitrogens with zero attached hydrogens (tertiary/aromatic N) is 2. The van der Waals surface area contributed by atoms with Gasteiger partial charge in [0.15, 0.2) is 5.66 Å². The number of aromatic nitrogens is 2. The number of likely N-dealkylation sites (tertiary alicyclic amines) is 1. The molecule has 0 spiro atoms. The zero-order valence-electron chi connectivity index (χ0n) is 22.2. The lowest BCUT2D eigenvalue weighted by Crippen LogP contribution is -2.79. The molecule has 0 aliphatic carbocycles. The Bertz CT molecular complexity index is 1270. The number of imidazole rings is 1. The molecule has 1 saturated heterocycles. The van der Waals surface area contributed by atoms with Crippen LogP contribution < -0.4 is 10.1 Å². The largest absolute Gasteiger partial charge is 0.497 e. The predicted octanol–water partition coefficient (Wildman–Crippen LogP) is 5.24. The number of rotatable bonds is 11. The molecule has 2 aromatic carbocycles. The zero-order valence-corrected chi connectivity index (χ0v) is 22.2. The van der Waals surface area contributed by atoms with Gasteiger partial charge in [-0.15, -0.1) is 0 Å². The van der Waals surface area contributed by atoms with Crippen LogP contribution in [0.1, 0.15) is 56.4 Å². The van der Waals surface area contributed by atoms with Crippen molar-refractivity contribution in [3.05, 3.63) is 83.9 Å². The highest BCUT2D eigenvalue weighted by Crippen LogP contribution is 2.52. The molecule has 1 aromatic heterocycles. The minimum absolute atomic E-state index is 0.00740. The SMILES string of the molecule is CCC(=O)NC(C)(c1cnc[nH]1)N1C(=O)[C@](CCCC(F)(F)F)(c2ccccc2)[C@H]1Cc1ccc(OC)cc1. The maximum Gasteiger partial charge on any atom is 0.389 e. The first-order valence-electron chi connectivity index (χ1n) is 12.9. The van der Waals surface area contributed by atoms with E-state index in [0.29, 0.717) is 23.4 Å². The number of β-lactam (4-membered cyclic amide) rings is 1. The Kier molecular flexibility index (Phi) is 8.04. The molecule has 10 heteroatoms. The van der Waals surface area contributed by atoms with Gasteiger partial charge in [-0.1, -0.05) is 49.4 Å². The molecule has 2 amide bonds. The Balaban J connectivity index is 1.84. The van der Waals surface area contributed by atoms with Crippen LogP contribution in [0.2, 0.25) is 0 Å². The molecule has 0 radical (unpaired) electrons. The summed E-state index contributed by atoms with van der Waals surface area (Å²) in [6, 6.07) is 15.8. The van der Waals surface area contributed by atoms with Crippen molar-refractivity contribution in [3.8, 4) is 5.75 Å². The molecule has 2 heterocycles. The predicted molar refractivity (Wildman–Crippen MR) is 140 cm³/mol. The van der Waals surface area contributed by atoms with Gasteiger partial charge in [-0.3, -0.25) is 9.59 Å². The van der Waals surface area contributed by atoms with Gasteiger partial charge in [0, 0.05) is 12.8 Å². The van der Waals surface area contributed by atoms with E-state index < -0.39 is 29.7 Å². The smallest absolute Gasteiger partial charge is 0.389 e. The van der Waals surface area contributed by atoms with Crippen LogP contribution >= 0.6 is 0 Å². The summed E-state index contributed by atoms with van der Waals surface area (Å²) in [6.07, 6.45) is -1.99. The van der Waals surface area contributed by atoms with Gasteiger partial charge < -0.3 is 19.9 Å². The summed E-state index contributed by atoms with van der Waals surface area (Å²) in [6.45, 7) is 3.43. The maximum atomic E-state index is 14.4. The number of hydrogen-bond acceptors (Lipinski definition) is 4. The van der Waals surface area contributed by atoms with E-state index in [1.54, 1.807) is 68.5 Å². The van der Waals surface area contributed by atoms with Crippen LogP contribution in [-0.4, -0.2) is 46.0 Å². The lowest BCUT2D eigenvalue weighted by molar-refractivity contribution is -0.182. The Morgan fingerprint density at radius 3 is 2.41 bits per heavy atom. The lowest BCUT2D eigenvalue weighted by atomic mass is 9.60. The summed E-state index contributed by atoms with van der Waals surface area (Å²) in [4.78, 5) is 35.8. The summed E-state index contributed by atoms with van der Waals surface area (Å²) in [5.74, 6) is 0.0394. The van der Waals surface area contributed by atoms with E-state index in [4.69, 9.17) is 4.74 Å². The molecule has 2 N–H and O–H groups in total. The Morgan fingerprint density at radius 2 is 1.85 bits per heavy atom. The molecule has 1 unspecified atom stereocenters. The van der Waals surface area contributed by atoms with Gasteiger partial charge in [0.25, 0.3) is 0 Å². The van der Waals surface area contributed by atoms with E-state index in [-0.39, 0.29) is 31.1 Å². The van der Waals surface area contributed by atoms with E-state index in [2.05, 4.69) is 15.3 Å². The van der Waals surface area contributed by atoms with E-state index >= 15 is 0 Å². The van der Waals surface area contributed by atoms with Crippen molar-refractivity contribution < 1.29 is 27.5 Å². The van der Waals surface area contributed by atoms with Crippen LogP contribution in [0.5, 0.6) is 5.75 Å². The summed E-state index contributed by atoms with van der Waals surface area (Å²) >= 11 is 0. The number of hydrogen-bond donors (Lipinski definition) is 2. The van der Waals surface area contributed by atoms with E-state index in [1.807, 2.05) is 18.2 Å². The molecule has 1 aliphatic rings. The average Bonchev–Trinajstić information content (AvgIpc) is 3.47. The van der Waals surface area contributed by atoms with Crippen LogP contribution in [0.4, 0.5) is 13.2 Å². The van der Waals surface area contributed by atoms with Crippen molar-refractivity contribution in [2.75, 3.05) is 7.11 Å². The van der Waals surface area contributed by atoms with Gasteiger partial charge in [0.05, 0.1) is 36.8 Å². The highest BCUT2D eigenvalue weighted by atomic mass is 19.4. The quantitative estimate of drug-likeness (QED) is 0.325. The van der Waals surface area contributed by atoms with Crippen LogP contribution in [0.3, 0.4) is 0 Å². The Morgan fingerprint density at radius 1 is 1.15 bits per heavy atom. The minimum Gasteiger partial charge on any atom is -0.497 e. The van der Waals surface area contributed by atoms with Crippen molar-refractivity contribution in [1.29, 1.82) is 0 Å².